The van der Waals surface area contributed by atoms with Crippen LogP contribution >= 0.6 is 11.3 Å². The van der Waals surface area contributed by atoms with Crippen molar-refractivity contribution in [3.05, 3.63) is 45.6 Å². The Hall–Kier alpha value is -2.54. The first-order valence-electron chi connectivity index (χ1n) is 7.56. The van der Waals surface area contributed by atoms with E-state index in [1.54, 1.807) is 0 Å². The van der Waals surface area contributed by atoms with Crippen LogP contribution in [0.1, 0.15) is 27.4 Å². The highest BCUT2D eigenvalue weighted by Crippen LogP contribution is 2.29. The van der Waals surface area contributed by atoms with Crippen LogP contribution in [0.4, 0.5) is 6.01 Å². The number of rotatable bonds is 4. The maximum atomic E-state index is 12.1. The minimum atomic E-state index is -0.189. The predicted molar refractivity (Wildman–Crippen MR) is 93.1 cm³/mol. The SMILES string of the molecule is Cc1nc(C)c(-c2nnc(NC(=O)Cc3ccc(C)c(C)c3)o2)s1. The normalized spacial score (nSPS) is 10.8. The van der Waals surface area contributed by atoms with Crippen LogP contribution in [0.3, 0.4) is 0 Å². The number of nitrogens with one attached hydrogen (secondary N) is 1. The minimum Gasteiger partial charge on any atom is -0.402 e. The van der Waals surface area contributed by atoms with Gasteiger partial charge in [-0.05, 0) is 44.4 Å². The van der Waals surface area contributed by atoms with E-state index in [9.17, 15) is 4.79 Å². The smallest absolute Gasteiger partial charge is 0.322 e. The Labute approximate surface area is 144 Å². The summed E-state index contributed by atoms with van der Waals surface area (Å²) in [6.45, 7) is 7.88. The van der Waals surface area contributed by atoms with Gasteiger partial charge in [0.1, 0.15) is 4.88 Å². The third-order valence-corrected chi connectivity index (χ3v) is 4.77. The lowest BCUT2D eigenvalue weighted by atomic mass is 10.0. The molecule has 1 N–H and O–H groups in total. The molecule has 0 aliphatic rings. The van der Waals surface area contributed by atoms with Gasteiger partial charge in [0.2, 0.25) is 5.91 Å². The van der Waals surface area contributed by atoms with Crippen molar-refractivity contribution in [2.24, 2.45) is 0 Å². The van der Waals surface area contributed by atoms with Crippen molar-refractivity contribution in [2.75, 3.05) is 5.32 Å². The van der Waals surface area contributed by atoms with Gasteiger partial charge in [-0.25, -0.2) is 4.98 Å². The second kappa shape index (κ2) is 6.52. The number of carbonyl (C=O) groups is 1. The molecule has 0 unspecified atom stereocenters. The molecule has 0 saturated carbocycles. The Morgan fingerprint density at radius 2 is 1.96 bits per heavy atom. The second-order valence-electron chi connectivity index (χ2n) is 5.70. The third-order valence-electron chi connectivity index (χ3n) is 3.71. The van der Waals surface area contributed by atoms with Gasteiger partial charge in [0, 0.05) is 0 Å². The average molecular weight is 342 g/mol. The Bertz CT molecular complexity index is 898. The Kier molecular flexibility index (Phi) is 4.44. The molecule has 0 saturated heterocycles. The van der Waals surface area contributed by atoms with Gasteiger partial charge in [-0.3, -0.25) is 10.1 Å². The molecule has 0 aliphatic heterocycles. The second-order valence-corrected chi connectivity index (χ2v) is 6.91. The molecule has 0 fully saturated rings. The van der Waals surface area contributed by atoms with Crippen LogP contribution in [0.25, 0.3) is 10.8 Å². The van der Waals surface area contributed by atoms with E-state index in [0.717, 1.165) is 26.7 Å². The fourth-order valence-corrected chi connectivity index (χ4v) is 3.20. The quantitative estimate of drug-likeness (QED) is 0.783. The van der Waals surface area contributed by atoms with Gasteiger partial charge in [0.25, 0.3) is 5.89 Å². The molecule has 6 nitrogen and oxygen atoms in total. The lowest BCUT2D eigenvalue weighted by Crippen LogP contribution is -2.14. The lowest BCUT2D eigenvalue weighted by Gasteiger charge is -2.04. The summed E-state index contributed by atoms with van der Waals surface area (Å²) in [6, 6.07) is 6.07. The van der Waals surface area contributed by atoms with Crippen molar-refractivity contribution in [2.45, 2.75) is 34.1 Å². The molecule has 3 aromatic rings. The minimum absolute atomic E-state index is 0.101. The first-order valence-corrected chi connectivity index (χ1v) is 8.38. The molecule has 2 aromatic heterocycles. The number of amides is 1. The standard InChI is InChI=1S/C17H18N4O2S/c1-9-5-6-13(7-10(9)2)8-14(22)19-17-21-20-16(23-17)15-11(3)18-12(4)24-15/h5-7H,8H2,1-4H3,(H,19,21,22). The number of aromatic nitrogens is 3. The number of aryl methyl sites for hydroxylation is 4. The van der Waals surface area contributed by atoms with Gasteiger partial charge in [-0.15, -0.1) is 16.4 Å². The molecule has 0 atom stereocenters. The molecule has 1 amide bonds. The van der Waals surface area contributed by atoms with E-state index < -0.39 is 0 Å². The molecule has 124 valence electrons. The molecule has 24 heavy (non-hydrogen) atoms. The van der Waals surface area contributed by atoms with E-state index in [2.05, 4.69) is 20.5 Å². The van der Waals surface area contributed by atoms with E-state index in [4.69, 9.17) is 4.42 Å². The van der Waals surface area contributed by atoms with Gasteiger partial charge in [0.15, 0.2) is 0 Å². The van der Waals surface area contributed by atoms with Crippen LogP contribution in [0.2, 0.25) is 0 Å². The Balaban J connectivity index is 1.69. The summed E-state index contributed by atoms with van der Waals surface area (Å²) in [6.07, 6.45) is 0.261. The van der Waals surface area contributed by atoms with Gasteiger partial charge < -0.3 is 4.42 Å². The average Bonchev–Trinajstić information content (AvgIpc) is 3.09. The van der Waals surface area contributed by atoms with Gasteiger partial charge in [-0.1, -0.05) is 23.3 Å². The summed E-state index contributed by atoms with van der Waals surface area (Å²) < 4.78 is 5.53. The van der Waals surface area contributed by atoms with Crippen LogP contribution in [0.15, 0.2) is 22.6 Å². The van der Waals surface area contributed by atoms with Crippen molar-refractivity contribution < 1.29 is 9.21 Å². The summed E-state index contributed by atoms with van der Waals surface area (Å²) in [5, 5.41) is 11.4. The van der Waals surface area contributed by atoms with E-state index in [1.165, 1.54) is 16.9 Å². The monoisotopic (exact) mass is 342 g/mol. The predicted octanol–water partition coefficient (Wildman–Crippen LogP) is 3.61. The van der Waals surface area contributed by atoms with Crippen LogP contribution in [-0.2, 0) is 11.2 Å². The zero-order valence-corrected chi connectivity index (χ0v) is 14.8. The maximum absolute atomic E-state index is 12.1. The van der Waals surface area contributed by atoms with Crippen LogP contribution < -0.4 is 5.32 Å². The first-order chi connectivity index (χ1) is 11.4. The van der Waals surface area contributed by atoms with Crippen molar-refractivity contribution in [3.8, 4) is 10.8 Å². The van der Waals surface area contributed by atoms with Gasteiger partial charge >= 0.3 is 6.01 Å². The van der Waals surface area contributed by atoms with Crippen molar-refractivity contribution in [1.82, 2.24) is 15.2 Å². The molecular formula is C17H18N4O2S. The number of hydrogen-bond donors (Lipinski definition) is 1. The summed E-state index contributed by atoms with van der Waals surface area (Å²) in [7, 11) is 0. The molecule has 0 radical (unpaired) electrons. The molecule has 0 spiro atoms. The maximum Gasteiger partial charge on any atom is 0.322 e. The largest absolute Gasteiger partial charge is 0.402 e. The van der Waals surface area contributed by atoms with Gasteiger partial charge in [0.05, 0.1) is 17.1 Å². The highest BCUT2D eigenvalue weighted by Gasteiger charge is 2.16. The lowest BCUT2D eigenvalue weighted by molar-refractivity contribution is -0.115. The molecule has 3 rings (SSSR count). The zero-order valence-electron chi connectivity index (χ0n) is 14.0. The van der Waals surface area contributed by atoms with Crippen LogP contribution in [-0.4, -0.2) is 21.1 Å². The highest BCUT2D eigenvalue weighted by molar-refractivity contribution is 7.15. The number of carbonyl (C=O) groups excluding carboxylic acids is 1. The van der Waals surface area contributed by atoms with Crippen molar-refractivity contribution >= 4 is 23.3 Å². The summed E-state index contributed by atoms with van der Waals surface area (Å²) in [5.74, 6) is 0.185. The molecule has 0 aliphatic carbocycles. The molecule has 0 bridgehead atoms. The first kappa shape index (κ1) is 16.3. The molecule has 7 heteroatoms. The third kappa shape index (κ3) is 3.51. The number of anilines is 1. The van der Waals surface area contributed by atoms with E-state index in [0.29, 0.717) is 5.89 Å². The molecular weight excluding hydrogens is 324 g/mol. The van der Waals surface area contributed by atoms with Gasteiger partial charge in [-0.2, -0.15) is 0 Å². The number of hydrogen-bond acceptors (Lipinski definition) is 6. The van der Waals surface area contributed by atoms with E-state index in [-0.39, 0.29) is 18.3 Å². The number of thiazole rings is 1. The Morgan fingerprint density at radius 1 is 1.17 bits per heavy atom. The summed E-state index contributed by atoms with van der Waals surface area (Å²) in [4.78, 5) is 17.3. The topological polar surface area (TPSA) is 80.9 Å². The Morgan fingerprint density at radius 3 is 2.62 bits per heavy atom. The van der Waals surface area contributed by atoms with E-state index in [1.807, 2.05) is 45.9 Å². The van der Waals surface area contributed by atoms with Crippen molar-refractivity contribution in [3.63, 3.8) is 0 Å². The van der Waals surface area contributed by atoms with Crippen molar-refractivity contribution in [1.29, 1.82) is 0 Å². The summed E-state index contributed by atoms with van der Waals surface area (Å²) >= 11 is 1.49. The summed E-state index contributed by atoms with van der Waals surface area (Å²) in [5.41, 5.74) is 4.16. The number of benzene rings is 1. The fourth-order valence-electron chi connectivity index (χ4n) is 2.36. The molecule has 2 heterocycles. The number of nitrogens with zero attached hydrogens (tertiary/aromatic N) is 3. The highest BCUT2D eigenvalue weighted by atomic mass is 32.1. The van der Waals surface area contributed by atoms with E-state index >= 15 is 0 Å². The molecule has 1 aromatic carbocycles. The van der Waals surface area contributed by atoms with Crippen LogP contribution in [0.5, 0.6) is 0 Å². The zero-order chi connectivity index (χ0) is 17.3. The van der Waals surface area contributed by atoms with Crippen LogP contribution in [0, 0.1) is 27.7 Å². The fraction of sp³-hybridized carbons (Fsp3) is 0.294.